The zero-order valence-corrected chi connectivity index (χ0v) is 6.76. The summed E-state index contributed by atoms with van der Waals surface area (Å²) in [5, 5.41) is 0. The van der Waals surface area contributed by atoms with Crippen molar-refractivity contribution in [1.82, 2.24) is 0 Å². The number of hydrogen-bond donors (Lipinski definition) is 1. The summed E-state index contributed by atoms with van der Waals surface area (Å²) in [5.41, 5.74) is 5.36. The summed E-state index contributed by atoms with van der Waals surface area (Å²) in [6.07, 6.45) is 0.382. The molecule has 0 radical (unpaired) electrons. The van der Waals surface area contributed by atoms with E-state index in [1.807, 2.05) is 0 Å². The maximum absolute atomic E-state index is 5.31. The van der Waals surface area contributed by atoms with Gasteiger partial charge in [-0.2, -0.15) is 0 Å². The van der Waals surface area contributed by atoms with Gasteiger partial charge in [-0.15, -0.1) is 0 Å². The molecule has 0 atom stereocenters. The molecule has 2 N–H and O–H groups in total. The fourth-order valence-corrected chi connectivity index (χ4v) is 0.805. The van der Waals surface area contributed by atoms with Gasteiger partial charge in [0, 0.05) is 11.9 Å². The molecule has 1 aliphatic heterocycles. The highest BCUT2D eigenvalue weighted by Crippen LogP contribution is 2.29. The monoisotopic (exact) mass is 143 g/mol. The lowest BCUT2D eigenvalue weighted by molar-refractivity contribution is -0.172. The van der Waals surface area contributed by atoms with Crippen LogP contribution in [0.5, 0.6) is 0 Å². The van der Waals surface area contributed by atoms with Crippen LogP contribution in [0.4, 0.5) is 0 Å². The molecule has 0 aliphatic carbocycles. The average Bonchev–Trinajstić information content (AvgIpc) is 1.57. The van der Waals surface area contributed by atoms with Gasteiger partial charge in [-0.3, -0.25) is 0 Å². The predicted octanol–water partition coefficient (Wildman–Crippen LogP) is 0.392. The Morgan fingerprint density at radius 3 is 2.20 bits per heavy atom. The lowest BCUT2D eigenvalue weighted by Gasteiger charge is -2.41. The van der Waals surface area contributed by atoms with Crippen molar-refractivity contribution in [3.05, 3.63) is 0 Å². The van der Waals surface area contributed by atoms with E-state index in [4.69, 9.17) is 15.0 Å². The lowest BCUT2D eigenvalue weighted by atomic mass is 9.82. The van der Waals surface area contributed by atoms with Crippen molar-refractivity contribution >= 4 is 7.12 Å². The Balaban J connectivity index is 2.26. The minimum Gasteiger partial charge on any atom is -0.385 e. The van der Waals surface area contributed by atoms with Gasteiger partial charge in [0.25, 0.3) is 0 Å². The van der Waals surface area contributed by atoms with E-state index in [1.54, 1.807) is 0 Å². The van der Waals surface area contributed by atoms with E-state index in [0.29, 0.717) is 6.44 Å². The molecule has 0 aromatic carbocycles. The molecular formula is C6H14BNO2. The molecule has 1 heterocycles. The van der Waals surface area contributed by atoms with Gasteiger partial charge in [0.2, 0.25) is 0 Å². The molecule has 0 spiro atoms. The zero-order valence-electron chi connectivity index (χ0n) is 6.76. The Bertz CT molecular complexity index is 117. The van der Waals surface area contributed by atoms with Crippen LogP contribution in [0.25, 0.3) is 0 Å². The standard InChI is InChI=1S/C6H14BNO2/c1-6(2,3)5-9-7(4-8)10-5/h5H,4,8H2,1-3H3. The van der Waals surface area contributed by atoms with E-state index in [2.05, 4.69) is 20.8 Å². The van der Waals surface area contributed by atoms with Crippen LogP contribution in [0.1, 0.15) is 20.8 Å². The van der Waals surface area contributed by atoms with Crippen LogP contribution < -0.4 is 5.73 Å². The highest BCUT2D eigenvalue weighted by molar-refractivity contribution is 6.46. The second kappa shape index (κ2) is 2.53. The third-order valence-corrected chi connectivity index (χ3v) is 1.45. The van der Waals surface area contributed by atoms with Crippen LogP contribution in [0.3, 0.4) is 0 Å². The first-order valence-corrected chi connectivity index (χ1v) is 3.55. The van der Waals surface area contributed by atoms with Crippen molar-refractivity contribution in [1.29, 1.82) is 0 Å². The molecule has 58 valence electrons. The second-order valence-corrected chi connectivity index (χ2v) is 3.64. The van der Waals surface area contributed by atoms with Crippen LogP contribution in [0.15, 0.2) is 0 Å². The molecule has 0 bridgehead atoms. The molecule has 3 nitrogen and oxygen atoms in total. The van der Waals surface area contributed by atoms with Crippen molar-refractivity contribution in [3.63, 3.8) is 0 Å². The molecule has 1 rings (SSSR count). The van der Waals surface area contributed by atoms with Crippen LogP contribution in [-0.2, 0) is 9.31 Å². The molecule has 0 amide bonds. The molecule has 0 aromatic heterocycles. The Kier molecular flexibility index (Phi) is 2.03. The van der Waals surface area contributed by atoms with E-state index in [0.717, 1.165) is 0 Å². The van der Waals surface area contributed by atoms with Gasteiger partial charge in [-0.05, 0) is 0 Å². The fraction of sp³-hybridized carbons (Fsp3) is 1.00. The molecule has 10 heavy (non-hydrogen) atoms. The van der Waals surface area contributed by atoms with Gasteiger partial charge in [0.1, 0.15) is 6.29 Å². The molecular weight excluding hydrogens is 129 g/mol. The van der Waals surface area contributed by atoms with Gasteiger partial charge in [-0.1, -0.05) is 20.8 Å². The van der Waals surface area contributed by atoms with Crippen molar-refractivity contribution in [3.8, 4) is 0 Å². The Morgan fingerprint density at radius 1 is 1.40 bits per heavy atom. The first-order valence-electron chi connectivity index (χ1n) is 3.55. The lowest BCUT2D eigenvalue weighted by Crippen LogP contribution is -2.55. The van der Waals surface area contributed by atoms with Crippen LogP contribution >= 0.6 is 0 Å². The Hall–Kier alpha value is -0.0551. The van der Waals surface area contributed by atoms with Crippen molar-refractivity contribution in [2.75, 3.05) is 6.44 Å². The molecule has 0 aromatic rings. The number of nitrogens with two attached hydrogens (primary N) is 1. The topological polar surface area (TPSA) is 44.5 Å². The van der Waals surface area contributed by atoms with Gasteiger partial charge in [-0.25, -0.2) is 0 Å². The normalized spacial score (nSPS) is 21.0. The van der Waals surface area contributed by atoms with Gasteiger partial charge in [0.15, 0.2) is 0 Å². The van der Waals surface area contributed by atoms with Crippen LogP contribution in [0.2, 0.25) is 0 Å². The largest absolute Gasteiger partial charge is 0.475 e. The smallest absolute Gasteiger partial charge is 0.385 e. The van der Waals surface area contributed by atoms with Gasteiger partial charge >= 0.3 is 7.12 Å². The predicted molar refractivity (Wildman–Crippen MR) is 40.2 cm³/mol. The molecule has 1 aliphatic rings. The van der Waals surface area contributed by atoms with E-state index >= 15 is 0 Å². The zero-order chi connectivity index (χ0) is 7.78. The number of rotatable bonds is 1. The highest BCUT2D eigenvalue weighted by atomic mass is 16.8. The summed E-state index contributed by atoms with van der Waals surface area (Å²) in [7, 11) is -0.163. The Morgan fingerprint density at radius 2 is 1.90 bits per heavy atom. The van der Waals surface area contributed by atoms with E-state index in [-0.39, 0.29) is 18.8 Å². The summed E-state index contributed by atoms with van der Waals surface area (Å²) < 4.78 is 10.6. The second-order valence-electron chi connectivity index (χ2n) is 3.64. The summed E-state index contributed by atoms with van der Waals surface area (Å²) >= 11 is 0. The third kappa shape index (κ3) is 1.51. The molecule has 1 saturated heterocycles. The highest BCUT2D eigenvalue weighted by Gasteiger charge is 2.41. The van der Waals surface area contributed by atoms with Crippen molar-refractivity contribution in [2.24, 2.45) is 11.1 Å². The minimum absolute atomic E-state index is 0.0685. The van der Waals surface area contributed by atoms with Crippen LogP contribution in [0, 0.1) is 5.41 Å². The maximum Gasteiger partial charge on any atom is 0.475 e. The van der Waals surface area contributed by atoms with Crippen molar-refractivity contribution in [2.45, 2.75) is 27.1 Å². The summed E-state index contributed by atoms with van der Waals surface area (Å²) in [5.74, 6) is 0. The molecule has 0 saturated carbocycles. The van der Waals surface area contributed by atoms with Crippen molar-refractivity contribution < 1.29 is 9.31 Å². The fourth-order valence-electron chi connectivity index (χ4n) is 0.805. The van der Waals surface area contributed by atoms with E-state index in [9.17, 15) is 0 Å². The van der Waals surface area contributed by atoms with Gasteiger partial charge < -0.3 is 15.0 Å². The summed E-state index contributed by atoms with van der Waals surface area (Å²) in [4.78, 5) is 0. The maximum atomic E-state index is 5.31. The average molecular weight is 143 g/mol. The summed E-state index contributed by atoms with van der Waals surface area (Å²) in [6.45, 7) is 6.22. The number of hydrogen-bond acceptors (Lipinski definition) is 3. The van der Waals surface area contributed by atoms with E-state index < -0.39 is 0 Å². The summed E-state index contributed by atoms with van der Waals surface area (Å²) in [6, 6.07) is 0. The third-order valence-electron chi connectivity index (χ3n) is 1.45. The first kappa shape index (κ1) is 8.05. The van der Waals surface area contributed by atoms with Crippen LogP contribution in [-0.4, -0.2) is 19.9 Å². The first-order chi connectivity index (χ1) is 4.54. The molecule has 1 fully saturated rings. The SMILES string of the molecule is CC(C)(C)C1OB(CN)O1. The Labute approximate surface area is 62.0 Å². The van der Waals surface area contributed by atoms with Gasteiger partial charge in [0.05, 0.1) is 0 Å². The van der Waals surface area contributed by atoms with E-state index in [1.165, 1.54) is 0 Å². The minimum atomic E-state index is -0.163. The molecule has 4 heteroatoms. The molecule has 0 unspecified atom stereocenters. The quantitative estimate of drug-likeness (QED) is 0.540.